The second-order valence-corrected chi connectivity index (χ2v) is 12.0. The third-order valence-corrected chi connectivity index (χ3v) is 8.56. The van der Waals surface area contributed by atoms with Crippen LogP contribution in [-0.2, 0) is 24.3 Å². The van der Waals surface area contributed by atoms with Crippen molar-refractivity contribution >= 4 is 52.3 Å². The van der Waals surface area contributed by atoms with Gasteiger partial charge in [-0.15, -0.1) is 5.10 Å². The van der Waals surface area contributed by atoms with Crippen molar-refractivity contribution in [3.05, 3.63) is 74.8 Å². The minimum atomic E-state index is -0.180. The van der Waals surface area contributed by atoms with Crippen molar-refractivity contribution in [2.75, 3.05) is 64.1 Å². The molecule has 0 fully saturated rings. The molecule has 0 saturated heterocycles. The van der Waals surface area contributed by atoms with Crippen molar-refractivity contribution in [2.45, 2.75) is 39.8 Å². The summed E-state index contributed by atoms with van der Waals surface area (Å²) in [7, 11) is 6.39. The maximum absolute atomic E-state index is 11.6. The maximum Gasteiger partial charge on any atom is 0.227 e. The van der Waals surface area contributed by atoms with Crippen LogP contribution in [0.15, 0.2) is 36.4 Å². The van der Waals surface area contributed by atoms with Gasteiger partial charge in [0, 0.05) is 60.3 Å². The number of ketones is 1. The minimum Gasteiger partial charge on any atom is -0.497 e. The van der Waals surface area contributed by atoms with Crippen LogP contribution in [0.25, 0.3) is 5.65 Å². The second kappa shape index (κ2) is 19.6. The van der Waals surface area contributed by atoms with E-state index in [2.05, 4.69) is 41.0 Å². The third-order valence-electron chi connectivity index (χ3n) is 7.83. The maximum atomic E-state index is 11.6. The quantitative estimate of drug-likeness (QED) is 0.0816. The van der Waals surface area contributed by atoms with Crippen LogP contribution >= 0.6 is 23.2 Å². The Morgan fingerprint density at radius 3 is 1.92 bits per heavy atom. The summed E-state index contributed by atoms with van der Waals surface area (Å²) in [6.45, 7) is 4.30. The molecular formula is C35H43Cl2N9O7. The largest absolute Gasteiger partial charge is 0.497 e. The van der Waals surface area contributed by atoms with Crippen LogP contribution < -0.4 is 34.9 Å². The van der Waals surface area contributed by atoms with Crippen molar-refractivity contribution in [1.82, 2.24) is 29.5 Å². The lowest BCUT2D eigenvalue weighted by Crippen LogP contribution is -2.17. The number of fused-ring (bicyclic) bond motifs is 1. The highest BCUT2D eigenvalue weighted by molar-refractivity contribution is 6.31. The van der Waals surface area contributed by atoms with Crippen LogP contribution in [0, 0.1) is 13.8 Å². The van der Waals surface area contributed by atoms with Gasteiger partial charge in [-0.05, 0) is 38.1 Å². The van der Waals surface area contributed by atoms with Gasteiger partial charge >= 0.3 is 0 Å². The molecule has 0 aliphatic heterocycles. The molecule has 0 atom stereocenters. The predicted molar refractivity (Wildman–Crippen MR) is 202 cm³/mol. The molecule has 3 aromatic heterocycles. The van der Waals surface area contributed by atoms with E-state index in [1.165, 1.54) is 0 Å². The summed E-state index contributed by atoms with van der Waals surface area (Å²) in [5.74, 6) is 4.45. The number of aliphatic hydroxyl groups is 2. The lowest BCUT2D eigenvalue weighted by molar-refractivity contribution is -0.118. The summed E-state index contributed by atoms with van der Waals surface area (Å²) in [6.07, 6.45) is 0.456. The van der Waals surface area contributed by atoms with E-state index in [0.717, 1.165) is 22.4 Å². The van der Waals surface area contributed by atoms with E-state index in [1.807, 2.05) is 37.3 Å². The Morgan fingerprint density at radius 2 is 1.36 bits per heavy atom. The number of hydrogen-bond donors (Lipinski definition) is 5. The first-order chi connectivity index (χ1) is 25.5. The second-order valence-electron chi connectivity index (χ2n) is 11.3. The van der Waals surface area contributed by atoms with Crippen LogP contribution in [0.2, 0.25) is 10.3 Å². The summed E-state index contributed by atoms with van der Waals surface area (Å²) < 4.78 is 22.8. The van der Waals surface area contributed by atoms with Crippen molar-refractivity contribution in [3.63, 3.8) is 0 Å². The Morgan fingerprint density at radius 1 is 0.755 bits per heavy atom. The van der Waals surface area contributed by atoms with Gasteiger partial charge in [0.05, 0.1) is 48.2 Å². The van der Waals surface area contributed by atoms with Gasteiger partial charge in [-0.3, -0.25) is 4.79 Å². The molecule has 0 aliphatic carbocycles. The molecule has 2 aromatic carbocycles. The minimum absolute atomic E-state index is 0.0249. The number of nitrogens with zero attached hydrogens (tertiary/aromatic N) is 6. The summed E-state index contributed by atoms with van der Waals surface area (Å²) in [5, 5.41) is 32.2. The molecule has 16 nitrogen and oxygen atoms in total. The number of nitrogens with one attached hydrogen (secondary N) is 3. The van der Waals surface area contributed by atoms with Crippen LogP contribution in [0.3, 0.4) is 0 Å². The fraction of sp³-hybridized carbons (Fsp3) is 0.371. The van der Waals surface area contributed by atoms with Crippen molar-refractivity contribution in [3.8, 4) is 23.0 Å². The summed E-state index contributed by atoms with van der Waals surface area (Å²) in [5.41, 5.74) is 3.80. The Hall–Kier alpha value is -5.16. The SMILES string of the molecule is COc1ccc(CNc2nc(Cl)c(C)c(NCC(=O)CCO)n2)c(OC)c1.COc1ccc(CNc2nc(Cl)c(C)c3nc(CCO)nn23)c(OC)c1. The van der Waals surface area contributed by atoms with E-state index in [1.54, 1.807) is 45.9 Å². The van der Waals surface area contributed by atoms with E-state index < -0.39 is 0 Å². The van der Waals surface area contributed by atoms with E-state index >= 15 is 0 Å². The zero-order valence-corrected chi connectivity index (χ0v) is 31.8. The molecular weight excluding hydrogens is 729 g/mol. The van der Waals surface area contributed by atoms with Crippen molar-refractivity contribution in [2.24, 2.45) is 0 Å². The molecule has 0 saturated carbocycles. The number of Topliss-reactive ketones (excluding diaryl/α,β-unsaturated/α-hetero) is 1. The number of carbonyl (C=O) groups excluding carboxylic acids is 1. The lowest BCUT2D eigenvalue weighted by Gasteiger charge is -2.14. The average Bonchev–Trinajstić information content (AvgIpc) is 3.60. The molecule has 53 heavy (non-hydrogen) atoms. The topological polar surface area (TPSA) is 199 Å². The molecule has 5 rings (SSSR count). The number of ether oxygens (including phenoxy) is 4. The molecule has 0 spiro atoms. The molecule has 3 heterocycles. The van der Waals surface area contributed by atoms with E-state index in [4.69, 9.17) is 52.4 Å². The molecule has 0 amide bonds. The van der Waals surface area contributed by atoms with Gasteiger partial charge in [-0.2, -0.15) is 9.50 Å². The van der Waals surface area contributed by atoms with E-state index in [0.29, 0.717) is 76.7 Å². The highest BCUT2D eigenvalue weighted by atomic mass is 35.5. The first-order valence-corrected chi connectivity index (χ1v) is 17.1. The number of benzene rings is 2. The third kappa shape index (κ3) is 10.7. The number of hydrogen-bond acceptors (Lipinski definition) is 15. The highest BCUT2D eigenvalue weighted by Crippen LogP contribution is 2.28. The number of carbonyl (C=O) groups is 1. The Bertz CT molecular complexity index is 2010. The zero-order valence-electron chi connectivity index (χ0n) is 30.3. The van der Waals surface area contributed by atoms with Crippen LogP contribution in [-0.4, -0.2) is 93.7 Å². The first-order valence-electron chi connectivity index (χ1n) is 16.4. The molecule has 0 unspecified atom stereocenters. The summed E-state index contributed by atoms with van der Waals surface area (Å²) in [6, 6.07) is 11.1. The van der Waals surface area contributed by atoms with Gasteiger partial charge in [0.15, 0.2) is 17.3 Å². The number of aliphatic hydroxyl groups excluding tert-OH is 2. The first kappa shape index (κ1) is 40.6. The smallest absolute Gasteiger partial charge is 0.227 e. The van der Waals surface area contributed by atoms with Crippen LogP contribution in [0.5, 0.6) is 23.0 Å². The van der Waals surface area contributed by atoms with Gasteiger partial charge < -0.3 is 45.1 Å². The molecule has 0 radical (unpaired) electrons. The molecule has 284 valence electrons. The van der Waals surface area contributed by atoms with Gasteiger partial charge in [0.1, 0.15) is 39.1 Å². The zero-order chi connectivity index (χ0) is 38.5. The monoisotopic (exact) mass is 771 g/mol. The fourth-order valence-electron chi connectivity index (χ4n) is 4.86. The van der Waals surface area contributed by atoms with Crippen LogP contribution in [0.4, 0.5) is 17.7 Å². The highest BCUT2D eigenvalue weighted by Gasteiger charge is 2.16. The average molecular weight is 773 g/mol. The summed E-state index contributed by atoms with van der Waals surface area (Å²) >= 11 is 12.4. The number of aryl methyl sites for hydroxylation is 1. The van der Waals surface area contributed by atoms with E-state index in [-0.39, 0.29) is 37.1 Å². The van der Waals surface area contributed by atoms with Gasteiger partial charge in [0.2, 0.25) is 11.9 Å². The normalized spacial score (nSPS) is 10.7. The number of aromatic nitrogens is 6. The standard InChI is InChI=1S/C18H23ClN4O4.C17H20ClN5O3/c1-11-16(19)22-18(23-17(11)20-10-13(25)6-7-24)21-9-12-4-5-14(26-2)8-15(12)27-3;1-10-15(18)21-17(23-16(10)20-14(22-23)6-7-24)19-9-11-4-5-12(25-2)8-13(11)26-3/h4-5,8,24H,6-7,9-10H2,1-3H3,(H2,20,21,22,23);4-5,8,24H,6-7,9H2,1-3H3,(H,19,21). The van der Waals surface area contributed by atoms with E-state index in [9.17, 15) is 4.79 Å². The van der Waals surface area contributed by atoms with Gasteiger partial charge in [0.25, 0.3) is 0 Å². The Balaban J connectivity index is 0.000000237. The number of rotatable bonds is 17. The molecule has 0 aliphatic rings. The molecule has 5 aromatic rings. The predicted octanol–water partition coefficient (Wildman–Crippen LogP) is 4.68. The lowest BCUT2D eigenvalue weighted by atomic mass is 10.2. The van der Waals surface area contributed by atoms with Gasteiger partial charge in [-0.1, -0.05) is 23.2 Å². The van der Waals surface area contributed by atoms with Crippen molar-refractivity contribution in [1.29, 1.82) is 0 Å². The summed E-state index contributed by atoms with van der Waals surface area (Å²) in [4.78, 5) is 29.0. The Labute approximate surface area is 316 Å². The Kier molecular flexibility index (Phi) is 15.0. The van der Waals surface area contributed by atoms with Crippen LogP contribution in [0.1, 0.15) is 34.5 Å². The fourth-order valence-corrected chi connectivity index (χ4v) is 5.20. The number of anilines is 3. The van der Waals surface area contributed by atoms with Gasteiger partial charge in [-0.25, -0.2) is 15.0 Å². The number of methoxy groups -OCH3 is 4. The molecule has 0 bridgehead atoms. The number of halogens is 2. The van der Waals surface area contributed by atoms with Crippen molar-refractivity contribution < 1.29 is 34.0 Å². The molecule has 5 N–H and O–H groups in total. The molecule has 18 heteroatoms.